The molecular weight excluding hydrogens is 288 g/mol. The van der Waals surface area contributed by atoms with Crippen molar-refractivity contribution in [2.45, 2.75) is 38.5 Å². The second kappa shape index (κ2) is 14.3. The van der Waals surface area contributed by atoms with Crippen LogP contribution < -0.4 is 0 Å². The fraction of sp³-hybridized carbons (Fsp3) is 1.00. The Labute approximate surface area is 124 Å². The largest absolute Gasteiger partial charge is 0.315 e. The zero-order valence-corrected chi connectivity index (χ0v) is 13.4. The highest BCUT2D eigenvalue weighted by Crippen LogP contribution is 2.13. The quantitative estimate of drug-likeness (QED) is 0.618. The number of hydrogen-bond donors (Lipinski definition) is 0. The van der Waals surface area contributed by atoms with Crippen molar-refractivity contribution in [3.05, 3.63) is 0 Å². The minimum absolute atomic E-state index is 0.963. The molecule has 3 aliphatic heterocycles. The molecule has 6 heteroatoms. The van der Waals surface area contributed by atoms with E-state index in [-0.39, 0.29) is 0 Å². The van der Waals surface area contributed by atoms with Crippen LogP contribution in [0.5, 0.6) is 0 Å². The maximum Gasteiger partial charge on any atom is 0.0614 e. The van der Waals surface area contributed by atoms with Crippen molar-refractivity contribution in [2.75, 3.05) is 37.1 Å². The third-order valence-electron chi connectivity index (χ3n) is 2.37. The Hall–Kier alpha value is 0.930. The molecular formula is C12H24O3S3. The molecule has 18 heavy (non-hydrogen) atoms. The van der Waals surface area contributed by atoms with Gasteiger partial charge in [0.05, 0.1) is 19.8 Å². The van der Waals surface area contributed by atoms with E-state index in [0.717, 1.165) is 19.8 Å². The van der Waals surface area contributed by atoms with Gasteiger partial charge in [-0.15, -0.1) is 0 Å². The van der Waals surface area contributed by atoms with Gasteiger partial charge in [-0.1, -0.05) is 0 Å². The zero-order chi connectivity index (χ0) is 12.7. The van der Waals surface area contributed by atoms with Gasteiger partial charge < -0.3 is 12.5 Å². The Morgan fingerprint density at radius 3 is 0.833 bits per heavy atom. The molecule has 0 unspecified atom stereocenters. The molecule has 0 bridgehead atoms. The summed E-state index contributed by atoms with van der Waals surface area (Å²) in [7, 11) is 0. The summed E-state index contributed by atoms with van der Waals surface area (Å²) in [5.74, 6) is 3.58. The Morgan fingerprint density at radius 1 is 0.444 bits per heavy atom. The average molecular weight is 313 g/mol. The van der Waals surface area contributed by atoms with Crippen LogP contribution >= 0.6 is 36.1 Å². The molecule has 3 fully saturated rings. The molecule has 0 radical (unpaired) electrons. The van der Waals surface area contributed by atoms with Gasteiger partial charge in [-0.2, -0.15) is 0 Å². The molecule has 0 aromatic carbocycles. The number of rotatable bonds is 0. The third kappa shape index (κ3) is 12.0. The summed E-state index contributed by atoms with van der Waals surface area (Å²) < 4.78 is 15.0. The maximum absolute atomic E-state index is 4.99. The second-order valence-corrected chi connectivity index (χ2v) is 6.69. The fourth-order valence-electron chi connectivity index (χ4n) is 1.32. The normalized spacial score (nSPS) is 24.0. The van der Waals surface area contributed by atoms with Gasteiger partial charge in [-0.25, -0.2) is 0 Å². The van der Waals surface area contributed by atoms with Gasteiger partial charge in [0.1, 0.15) is 0 Å². The van der Waals surface area contributed by atoms with Crippen LogP contribution in [0.25, 0.3) is 0 Å². The lowest BCUT2D eigenvalue weighted by molar-refractivity contribution is 0.346. The van der Waals surface area contributed by atoms with E-state index in [1.807, 2.05) is 0 Å². The van der Waals surface area contributed by atoms with Gasteiger partial charge in [-0.3, -0.25) is 0 Å². The van der Waals surface area contributed by atoms with Crippen LogP contribution in [0.15, 0.2) is 0 Å². The molecule has 3 rings (SSSR count). The first kappa shape index (κ1) is 17.0. The molecule has 0 N–H and O–H groups in total. The van der Waals surface area contributed by atoms with Gasteiger partial charge in [0, 0.05) is 17.3 Å². The molecule has 3 saturated heterocycles. The predicted octanol–water partition coefficient (Wildman–Crippen LogP) is 4.34. The lowest BCUT2D eigenvalue weighted by atomic mass is 10.4. The van der Waals surface area contributed by atoms with E-state index in [2.05, 4.69) is 0 Å². The van der Waals surface area contributed by atoms with E-state index >= 15 is 0 Å². The molecule has 108 valence electrons. The van der Waals surface area contributed by atoms with Crippen molar-refractivity contribution < 1.29 is 12.5 Å². The molecule has 3 nitrogen and oxygen atoms in total. The van der Waals surface area contributed by atoms with E-state index < -0.39 is 0 Å². The van der Waals surface area contributed by atoms with Gasteiger partial charge >= 0.3 is 0 Å². The molecule has 3 heterocycles. The molecule has 0 atom stereocenters. The van der Waals surface area contributed by atoms with Crippen molar-refractivity contribution in [1.29, 1.82) is 0 Å². The maximum atomic E-state index is 4.99. The number of hydrogen-bond acceptors (Lipinski definition) is 6. The van der Waals surface area contributed by atoms with Crippen LogP contribution in [0, 0.1) is 0 Å². The van der Waals surface area contributed by atoms with Crippen LogP contribution in [0.2, 0.25) is 0 Å². The Kier molecular flexibility index (Phi) is 13.5. The molecule has 0 aromatic rings. The molecule has 0 saturated carbocycles. The van der Waals surface area contributed by atoms with E-state index in [1.165, 1.54) is 55.8 Å². The van der Waals surface area contributed by atoms with Crippen LogP contribution in [-0.4, -0.2) is 37.1 Å². The fourth-order valence-corrected chi connectivity index (χ4v) is 3.35. The van der Waals surface area contributed by atoms with Crippen LogP contribution in [-0.2, 0) is 12.5 Å². The summed E-state index contributed by atoms with van der Waals surface area (Å²) in [5.41, 5.74) is 0. The topological polar surface area (TPSA) is 27.7 Å². The summed E-state index contributed by atoms with van der Waals surface area (Å²) in [6.07, 6.45) is 7.78. The van der Waals surface area contributed by atoms with Gasteiger partial charge in [0.2, 0.25) is 0 Å². The van der Waals surface area contributed by atoms with Crippen molar-refractivity contribution >= 4 is 36.1 Å². The van der Waals surface area contributed by atoms with Crippen LogP contribution in [0.1, 0.15) is 38.5 Å². The van der Waals surface area contributed by atoms with Crippen molar-refractivity contribution in [1.82, 2.24) is 0 Å². The Morgan fingerprint density at radius 2 is 0.778 bits per heavy atom. The highest BCUT2D eigenvalue weighted by atomic mass is 32.2. The van der Waals surface area contributed by atoms with Crippen molar-refractivity contribution in [3.63, 3.8) is 0 Å². The Balaban J connectivity index is 0.000000135. The molecule has 0 amide bonds. The molecule has 0 aromatic heterocycles. The SMILES string of the molecule is C1CCSOC1.C1CCSOC1.C1CCSOC1. The summed E-state index contributed by atoms with van der Waals surface area (Å²) in [6.45, 7) is 2.89. The summed E-state index contributed by atoms with van der Waals surface area (Å²) >= 11 is 4.78. The van der Waals surface area contributed by atoms with E-state index in [4.69, 9.17) is 12.5 Å². The minimum Gasteiger partial charge on any atom is -0.315 e. The molecule has 0 spiro atoms. The summed E-state index contributed by atoms with van der Waals surface area (Å²) in [5, 5.41) is 0. The predicted molar refractivity (Wildman–Crippen MR) is 82.9 cm³/mol. The highest BCUT2D eigenvalue weighted by molar-refractivity contribution is 7.95. The zero-order valence-electron chi connectivity index (χ0n) is 10.9. The molecule has 0 aliphatic carbocycles. The summed E-state index contributed by atoms with van der Waals surface area (Å²) in [6, 6.07) is 0. The molecule has 3 aliphatic rings. The van der Waals surface area contributed by atoms with Crippen LogP contribution in [0.4, 0.5) is 0 Å². The minimum atomic E-state index is 0.963. The van der Waals surface area contributed by atoms with Gasteiger partial charge in [0.25, 0.3) is 0 Å². The van der Waals surface area contributed by atoms with Crippen molar-refractivity contribution in [2.24, 2.45) is 0 Å². The monoisotopic (exact) mass is 312 g/mol. The first-order chi connectivity index (χ1) is 9.00. The lowest BCUT2D eigenvalue weighted by Crippen LogP contribution is -1.95. The average Bonchev–Trinajstić information content (AvgIpc) is 2.54. The van der Waals surface area contributed by atoms with Gasteiger partial charge in [0.15, 0.2) is 0 Å². The van der Waals surface area contributed by atoms with E-state index in [0.29, 0.717) is 0 Å². The van der Waals surface area contributed by atoms with E-state index in [9.17, 15) is 0 Å². The smallest absolute Gasteiger partial charge is 0.0614 e. The van der Waals surface area contributed by atoms with Gasteiger partial charge in [-0.05, 0) is 74.7 Å². The lowest BCUT2D eigenvalue weighted by Gasteiger charge is -2.06. The van der Waals surface area contributed by atoms with E-state index in [1.54, 1.807) is 36.1 Å². The summed E-state index contributed by atoms with van der Waals surface area (Å²) in [4.78, 5) is 0. The Bertz CT molecular complexity index is 97.6. The first-order valence-corrected chi connectivity index (χ1v) is 9.46. The standard InChI is InChI=1S/3C4H8OS/c3*1-2-4-6-5-3-1/h3*1-4H2. The third-order valence-corrected chi connectivity index (χ3v) is 4.73. The highest BCUT2D eigenvalue weighted by Gasteiger charge is 1.97. The van der Waals surface area contributed by atoms with Crippen molar-refractivity contribution in [3.8, 4) is 0 Å². The first-order valence-electron chi connectivity index (χ1n) is 6.73. The van der Waals surface area contributed by atoms with Crippen LogP contribution in [0.3, 0.4) is 0 Å². The second-order valence-electron chi connectivity index (χ2n) is 4.05.